The van der Waals surface area contributed by atoms with Crippen LogP contribution in [0.5, 0.6) is 0 Å². The van der Waals surface area contributed by atoms with Gasteiger partial charge in [-0.15, -0.1) is 0 Å². The summed E-state index contributed by atoms with van der Waals surface area (Å²) in [6, 6.07) is 1.51. The molecule has 0 unspecified atom stereocenters. The van der Waals surface area contributed by atoms with Crippen LogP contribution in [0, 0.1) is 5.41 Å². The molecule has 98 valence electrons. The predicted molar refractivity (Wildman–Crippen MR) is 72.6 cm³/mol. The molecule has 0 radical (unpaired) electrons. The fourth-order valence-electron chi connectivity index (χ4n) is 2.42. The number of amides is 1. The standard InChI is InChI=1S/C13H18ClN3O/c1-13(4-2-3-5-13)8-17-12(18)9-6-11(15)16-7-10(9)14/h6-7H,2-5,8H2,1H3,(H2,15,16)(H,17,18). The lowest BCUT2D eigenvalue weighted by Gasteiger charge is -2.23. The van der Waals surface area contributed by atoms with Gasteiger partial charge in [-0.2, -0.15) is 0 Å². The minimum atomic E-state index is -0.178. The van der Waals surface area contributed by atoms with Gasteiger partial charge in [0.25, 0.3) is 5.91 Å². The Morgan fingerprint density at radius 3 is 2.89 bits per heavy atom. The molecule has 1 fully saturated rings. The van der Waals surface area contributed by atoms with Gasteiger partial charge in [0.2, 0.25) is 0 Å². The Hall–Kier alpha value is -1.29. The Bertz CT molecular complexity index is 456. The molecule has 1 saturated carbocycles. The molecule has 1 aromatic rings. The molecule has 0 saturated heterocycles. The Morgan fingerprint density at radius 1 is 1.56 bits per heavy atom. The highest BCUT2D eigenvalue weighted by Gasteiger charge is 2.29. The summed E-state index contributed by atoms with van der Waals surface area (Å²) in [5.41, 5.74) is 6.18. The van der Waals surface area contributed by atoms with Gasteiger partial charge in [-0.1, -0.05) is 31.4 Å². The second-order valence-electron chi connectivity index (χ2n) is 5.29. The van der Waals surface area contributed by atoms with E-state index in [4.69, 9.17) is 17.3 Å². The highest BCUT2D eigenvalue weighted by Crippen LogP contribution is 2.36. The number of carbonyl (C=O) groups is 1. The van der Waals surface area contributed by atoms with Crippen molar-refractivity contribution in [3.8, 4) is 0 Å². The average Bonchev–Trinajstić information content (AvgIpc) is 2.77. The Labute approximate surface area is 112 Å². The fraction of sp³-hybridized carbons (Fsp3) is 0.538. The summed E-state index contributed by atoms with van der Waals surface area (Å²) < 4.78 is 0. The van der Waals surface area contributed by atoms with Gasteiger partial charge in [0, 0.05) is 12.7 Å². The molecule has 0 aliphatic heterocycles. The lowest BCUT2D eigenvalue weighted by atomic mass is 9.89. The summed E-state index contributed by atoms with van der Waals surface area (Å²) in [6.07, 6.45) is 6.23. The van der Waals surface area contributed by atoms with E-state index < -0.39 is 0 Å². The molecule has 0 atom stereocenters. The van der Waals surface area contributed by atoms with E-state index >= 15 is 0 Å². The summed E-state index contributed by atoms with van der Waals surface area (Å²) in [6.45, 7) is 2.90. The molecule has 0 aromatic carbocycles. The monoisotopic (exact) mass is 267 g/mol. The molecule has 1 heterocycles. The Morgan fingerprint density at radius 2 is 2.22 bits per heavy atom. The van der Waals surface area contributed by atoms with Crippen molar-refractivity contribution >= 4 is 23.3 Å². The molecule has 1 aliphatic carbocycles. The van der Waals surface area contributed by atoms with Gasteiger partial charge in [0.05, 0.1) is 10.6 Å². The number of nitrogens with one attached hydrogen (secondary N) is 1. The van der Waals surface area contributed by atoms with Crippen LogP contribution in [0.4, 0.5) is 5.82 Å². The van der Waals surface area contributed by atoms with E-state index in [-0.39, 0.29) is 11.3 Å². The number of nitrogens with two attached hydrogens (primary N) is 1. The van der Waals surface area contributed by atoms with Crippen molar-refractivity contribution in [2.75, 3.05) is 12.3 Å². The van der Waals surface area contributed by atoms with Crippen LogP contribution in [0.2, 0.25) is 5.02 Å². The second-order valence-corrected chi connectivity index (χ2v) is 5.70. The van der Waals surface area contributed by atoms with Crippen LogP contribution in [0.25, 0.3) is 0 Å². The van der Waals surface area contributed by atoms with E-state index in [2.05, 4.69) is 17.2 Å². The summed E-state index contributed by atoms with van der Waals surface area (Å²) >= 11 is 5.94. The Kier molecular flexibility index (Phi) is 3.76. The highest BCUT2D eigenvalue weighted by atomic mass is 35.5. The highest BCUT2D eigenvalue weighted by molar-refractivity contribution is 6.33. The number of pyridine rings is 1. The van der Waals surface area contributed by atoms with E-state index in [0.29, 0.717) is 22.9 Å². The normalized spacial score (nSPS) is 17.7. The van der Waals surface area contributed by atoms with Crippen molar-refractivity contribution in [1.29, 1.82) is 0 Å². The number of carbonyl (C=O) groups excluding carboxylic acids is 1. The van der Waals surface area contributed by atoms with Crippen LogP contribution in [0.1, 0.15) is 43.0 Å². The van der Waals surface area contributed by atoms with Gasteiger partial charge in [0.15, 0.2) is 0 Å². The maximum Gasteiger partial charge on any atom is 0.253 e. The minimum absolute atomic E-state index is 0.178. The van der Waals surface area contributed by atoms with Crippen molar-refractivity contribution in [2.24, 2.45) is 5.41 Å². The summed E-state index contributed by atoms with van der Waals surface area (Å²) in [5.74, 6) is 0.124. The molecule has 4 nitrogen and oxygen atoms in total. The molecule has 3 N–H and O–H groups in total. The van der Waals surface area contributed by atoms with Crippen LogP contribution in [0.15, 0.2) is 12.3 Å². The van der Waals surface area contributed by atoms with Crippen LogP contribution in [0.3, 0.4) is 0 Å². The maximum absolute atomic E-state index is 12.0. The number of aromatic nitrogens is 1. The van der Waals surface area contributed by atoms with E-state index in [1.54, 1.807) is 0 Å². The van der Waals surface area contributed by atoms with Gasteiger partial charge in [-0.05, 0) is 24.3 Å². The zero-order chi connectivity index (χ0) is 13.2. The summed E-state index contributed by atoms with van der Waals surface area (Å²) in [5, 5.41) is 3.27. The SMILES string of the molecule is CC1(CNC(=O)c2cc(N)ncc2Cl)CCCC1. The van der Waals surface area contributed by atoms with Crippen molar-refractivity contribution in [3.05, 3.63) is 22.8 Å². The second kappa shape index (κ2) is 5.14. The fourth-order valence-corrected chi connectivity index (χ4v) is 2.61. The predicted octanol–water partition coefficient (Wildman–Crippen LogP) is 2.63. The molecule has 1 aliphatic rings. The summed E-state index contributed by atoms with van der Waals surface area (Å²) in [4.78, 5) is 15.9. The van der Waals surface area contributed by atoms with Crippen LogP contribution < -0.4 is 11.1 Å². The molecule has 0 bridgehead atoms. The zero-order valence-corrected chi connectivity index (χ0v) is 11.3. The molecule has 18 heavy (non-hydrogen) atoms. The third-order valence-corrected chi connectivity index (χ3v) is 3.91. The number of rotatable bonds is 3. The topological polar surface area (TPSA) is 68.0 Å². The van der Waals surface area contributed by atoms with E-state index in [0.717, 1.165) is 0 Å². The van der Waals surface area contributed by atoms with Crippen molar-refractivity contribution in [3.63, 3.8) is 0 Å². The first-order chi connectivity index (χ1) is 8.50. The van der Waals surface area contributed by atoms with Crippen LogP contribution in [-0.4, -0.2) is 17.4 Å². The largest absolute Gasteiger partial charge is 0.384 e. The lowest BCUT2D eigenvalue weighted by Crippen LogP contribution is -2.34. The zero-order valence-electron chi connectivity index (χ0n) is 10.5. The van der Waals surface area contributed by atoms with Crippen LogP contribution in [-0.2, 0) is 0 Å². The lowest BCUT2D eigenvalue weighted by molar-refractivity contribution is 0.0934. The molecule has 1 amide bonds. The molecular formula is C13H18ClN3O. The third-order valence-electron chi connectivity index (χ3n) is 3.61. The van der Waals surface area contributed by atoms with Gasteiger partial charge in [-0.3, -0.25) is 4.79 Å². The molecule has 2 rings (SSSR count). The number of anilines is 1. The first-order valence-corrected chi connectivity index (χ1v) is 6.57. The van der Waals surface area contributed by atoms with Gasteiger partial charge in [-0.25, -0.2) is 4.98 Å². The number of nitrogens with zero attached hydrogens (tertiary/aromatic N) is 1. The first kappa shape index (κ1) is 13.1. The number of nitrogen functional groups attached to an aromatic ring is 1. The smallest absolute Gasteiger partial charge is 0.253 e. The van der Waals surface area contributed by atoms with E-state index in [9.17, 15) is 4.79 Å². The molecule has 5 heteroatoms. The number of hydrogen-bond donors (Lipinski definition) is 2. The minimum Gasteiger partial charge on any atom is -0.384 e. The third kappa shape index (κ3) is 2.93. The first-order valence-electron chi connectivity index (χ1n) is 6.19. The average molecular weight is 268 g/mol. The Balaban J connectivity index is 2.01. The molecule has 0 spiro atoms. The molecular weight excluding hydrogens is 250 g/mol. The van der Waals surface area contributed by atoms with Gasteiger partial charge >= 0.3 is 0 Å². The quantitative estimate of drug-likeness (QED) is 0.885. The van der Waals surface area contributed by atoms with Crippen molar-refractivity contribution in [1.82, 2.24) is 10.3 Å². The van der Waals surface area contributed by atoms with Gasteiger partial charge < -0.3 is 11.1 Å². The van der Waals surface area contributed by atoms with Gasteiger partial charge in [0.1, 0.15) is 5.82 Å². The molecule has 1 aromatic heterocycles. The van der Waals surface area contributed by atoms with Crippen LogP contribution >= 0.6 is 11.6 Å². The van der Waals surface area contributed by atoms with E-state index in [1.165, 1.54) is 37.9 Å². The number of hydrogen-bond acceptors (Lipinski definition) is 3. The maximum atomic E-state index is 12.0. The summed E-state index contributed by atoms with van der Waals surface area (Å²) in [7, 11) is 0. The van der Waals surface area contributed by atoms with E-state index in [1.807, 2.05) is 0 Å². The number of halogens is 1. The van der Waals surface area contributed by atoms with Crippen molar-refractivity contribution in [2.45, 2.75) is 32.6 Å². The van der Waals surface area contributed by atoms with Crippen molar-refractivity contribution < 1.29 is 4.79 Å².